The Kier molecular flexibility index (Phi) is 6.40. The summed E-state index contributed by atoms with van der Waals surface area (Å²) in [6.07, 6.45) is 4.80. The van der Waals surface area contributed by atoms with E-state index in [1.54, 1.807) is 4.68 Å². The van der Waals surface area contributed by atoms with Gasteiger partial charge in [0, 0.05) is 25.0 Å². The third kappa shape index (κ3) is 3.84. The summed E-state index contributed by atoms with van der Waals surface area (Å²) >= 11 is 6.35. The molecule has 3 heterocycles. The molecule has 1 aromatic heterocycles. The molecular weight excluding hydrogens is 385 g/mol. The highest BCUT2D eigenvalue weighted by atomic mass is 35.5. The summed E-state index contributed by atoms with van der Waals surface area (Å²) in [6.45, 7) is 3.91. The fourth-order valence-electron chi connectivity index (χ4n) is 4.07. The molecule has 8 heteroatoms. The van der Waals surface area contributed by atoms with E-state index in [1.807, 2.05) is 29.2 Å². The van der Waals surface area contributed by atoms with Crippen molar-refractivity contribution in [2.45, 2.75) is 51.1 Å². The molecule has 2 unspecified atom stereocenters. The topological polar surface area (TPSA) is 63.1 Å². The number of nitrogens with zero attached hydrogens (tertiary/aromatic N) is 4. The Morgan fingerprint density at radius 3 is 2.81 bits per heavy atom. The molecule has 2 saturated heterocycles. The molecule has 0 aliphatic carbocycles. The standard InChI is InChI=1S/C19H24ClN5O.ClH/c1-2-5-17-22-18(23-25(17)16-7-4-3-6-15(16)20)19(26)24-13-8-9-14(24)12-21-11-10-13;/h3-4,6-7,13-14,21H,2,5,8-12H2,1H3;1H. The normalized spacial score (nSPS) is 21.6. The average Bonchev–Trinajstić information content (AvgIpc) is 3.15. The summed E-state index contributed by atoms with van der Waals surface area (Å²) in [5.41, 5.74) is 0.768. The van der Waals surface area contributed by atoms with Crippen LogP contribution >= 0.6 is 24.0 Å². The number of halogens is 2. The first kappa shape index (κ1) is 20.1. The summed E-state index contributed by atoms with van der Waals surface area (Å²) in [6, 6.07) is 8.08. The average molecular weight is 410 g/mol. The van der Waals surface area contributed by atoms with E-state index in [2.05, 4.69) is 22.3 Å². The second kappa shape index (κ2) is 8.59. The Hall–Kier alpha value is -1.63. The second-order valence-corrected chi connectivity index (χ2v) is 7.46. The number of aryl methyl sites for hydroxylation is 1. The van der Waals surface area contributed by atoms with Crippen LogP contribution in [0.25, 0.3) is 5.69 Å². The van der Waals surface area contributed by atoms with Crippen molar-refractivity contribution in [3.63, 3.8) is 0 Å². The van der Waals surface area contributed by atoms with Gasteiger partial charge in [0.25, 0.3) is 5.91 Å². The predicted octanol–water partition coefficient (Wildman–Crippen LogP) is 3.26. The Balaban J connectivity index is 0.00000210. The van der Waals surface area contributed by atoms with E-state index in [1.165, 1.54) is 0 Å². The highest BCUT2D eigenvalue weighted by Crippen LogP contribution is 2.29. The van der Waals surface area contributed by atoms with Gasteiger partial charge in [-0.3, -0.25) is 4.79 Å². The molecular formula is C19H25Cl2N5O. The molecule has 2 aliphatic heterocycles. The van der Waals surface area contributed by atoms with Crippen LogP contribution in [0.1, 0.15) is 49.1 Å². The fraction of sp³-hybridized carbons (Fsp3) is 0.526. The van der Waals surface area contributed by atoms with Crippen molar-refractivity contribution in [2.75, 3.05) is 13.1 Å². The van der Waals surface area contributed by atoms with Gasteiger partial charge >= 0.3 is 0 Å². The minimum absolute atomic E-state index is 0. The first-order valence-corrected chi connectivity index (χ1v) is 9.81. The number of amides is 1. The van der Waals surface area contributed by atoms with Crippen molar-refractivity contribution in [3.8, 4) is 5.69 Å². The number of hydrogen-bond donors (Lipinski definition) is 1. The van der Waals surface area contributed by atoms with Crippen molar-refractivity contribution in [2.24, 2.45) is 0 Å². The Morgan fingerprint density at radius 1 is 1.26 bits per heavy atom. The lowest BCUT2D eigenvalue weighted by Gasteiger charge is -2.26. The number of carbonyl (C=O) groups excluding carboxylic acids is 1. The largest absolute Gasteiger partial charge is 0.329 e. The number of hydrogen-bond acceptors (Lipinski definition) is 4. The lowest BCUT2D eigenvalue weighted by molar-refractivity contribution is 0.0667. The van der Waals surface area contributed by atoms with E-state index in [4.69, 9.17) is 11.6 Å². The zero-order valence-electron chi connectivity index (χ0n) is 15.4. The van der Waals surface area contributed by atoms with Crippen LogP contribution < -0.4 is 5.32 Å². The van der Waals surface area contributed by atoms with Gasteiger partial charge in [-0.1, -0.05) is 30.7 Å². The van der Waals surface area contributed by atoms with E-state index in [9.17, 15) is 4.79 Å². The minimum atomic E-state index is -0.0515. The van der Waals surface area contributed by atoms with Gasteiger partial charge in [0.1, 0.15) is 5.82 Å². The van der Waals surface area contributed by atoms with Gasteiger partial charge in [-0.05, 0) is 44.4 Å². The third-order valence-corrected chi connectivity index (χ3v) is 5.63. The summed E-state index contributed by atoms with van der Waals surface area (Å²) < 4.78 is 1.73. The molecule has 0 spiro atoms. The van der Waals surface area contributed by atoms with Crippen LogP contribution in [-0.2, 0) is 6.42 Å². The molecule has 2 bridgehead atoms. The molecule has 27 heavy (non-hydrogen) atoms. The van der Waals surface area contributed by atoms with E-state index in [0.29, 0.717) is 11.1 Å². The van der Waals surface area contributed by atoms with Crippen LogP contribution in [0.15, 0.2) is 24.3 Å². The minimum Gasteiger partial charge on any atom is -0.329 e. The number of nitrogens with one attached hydrogen (secondary N) is 1. The summed E-state index contributed by atoms with van der Waals surface area (Å²) in [7, 11) is 0. The molecule has 6 nitrogen and oxygen atoms in total. The molecule has 1 aromatic carbocycles. The second-order valence-electron chi connectivity index (χ2n) is 7.06. The quantitative estimate of drug-likeness (QED) is 0.841. The van der Waals surface area contributed by atoms with Crippen LogP contribution in [0.5, 0.6) is 0 Å². The summed E-state index contributed by atoms with van der Waals surface area (Å²) in [5, 5.41) is 8.60. The molecule has 2 fully saturated rings. The Morgan fingerprint density at radius 2 is 2.04 bits per heavy atom. The number of aromatic nitrogens is 3. The highest BCUT2D eigenvalue weighted by molar-refractivity contribution is 6.32. The van der Waals surface area contributed by atoms with E-state index in [0.717, 1.165) is 56.7 Å². The van der Waals surface area contributed by atoms with Gasteiger partial charge in [0.15, 0.2) is 0 Å². The molecule has 2 atom stereocenters. The van der Waals surface area contributed by atoms with Gasteiger partial charge in [0.05, 0.1) is 10.7 Å². The molecule has 2 aliphatic rings. The fourth-order valence-corrected chi connectivity index (χ4v) is 4.28. The van der Waals surface area contributed by atoms with Crippen LogP contribution in [0.4, 0.5) is 0 Å². The Labute approximate surface area is 170 Å². The maximum atomic E-state index is 13.2. The van der Waals surface area contributed by atoms with Crippen LogP contribution in [0.2, 0.25) is 5.02 Å². The van der Waals surface area contributed by atoms with Crippen LogP contribution in [-0.4, -0.2) is 50.7 Å². The number of fused-ring (bicyclic) bond motifs is 2. The van der Waals surface area contributed by atoms with Crippen molar-refractivity contribution in [1.29, 1.82) is 0 Å². The van der Waals surface area contributed by atoms with Crippen LogP contribution in [0, 0.1) is 0 Å². The molecule has 1 N–H and O–H groups in total. The first-order valence-electron chi connectivity index (χ1n) is 9.43. The summed E-state index contributed by atoms with van der Waals surface area (Å²) in [4.78, 5) is 19.8. The molecule has 2 aromatic rings. The van der Waals surface area contributed by atoms with Gasteiger partial charge in [-0.25, -0.2) is 9.67 Å². The van der Waals surface area contributed by atoms with E-state index < -0.39 is 0 Å². The monoisotopic (exact) mass is 409 g/mol. The summed E-state index contributed by atoms with van der Waals surface area (Å²) in [5.74, 6) is 1.01. The maximum Gasteiger partial charge on any atom is 0.294 e. The van der Waals surface area contributed by atoms with E-state index in [-0.39, 0.29) is 30.2 Å². The number of para-hydroxylation sites is 1. The molecule has 0 radical (unpaired) electrons. The number of carbonyl (C=O) groups is 1. The molecule has 4 rings (SSSR count). The van der Waals surface area contributed by atoms with Crippen LogP contribution in [0.3, 0.4) is 0 Å². The number of rotatable bonds is 4. The molecule has 1 amide bonds. The smallest absolute Gasteiger partial charge is 0.294 e. The van der Waals surface area contributed by atoms with Crippen molar-refractivity contribution < 1.29 is 4.79 Å². The Bertz CT molecular complexity index is 795. The van der Waals surface area contributed by atoms with Crippen molar-refractivity contribution >= 4 is 29.9 Å². The van der Waals surface area contributed by atoms with Crippen molar-refractivity contribution in [1.82, 2.24) is 25.0 Å². The molecule has 146 valence electrons. The van der Waals surface area contributed by atoms with Gasteiger partial charge in [0.2, 0.25) is 5.82 Å². The molecule has 0 saturated carbocycles. The lowest BCUT2D eigenvalue weighted by Crippen LogP contribution is -2.43. The van der Waals surface area contributed by atoms with Crippen molar-refractivity contribution in [3.05, 3.63) is 40.9 Å². The zero-order chi connectivity index (χ0) is 18.1. The third-order valence-electron chi connectivity index (χ3n) is 5.31. The van der Waals surface area contributed by atoms with Gasteiger partial charge in [-0.2, -0.15) is 0 Å². The van der Waals surface area contributed by atoms with Gasteiger partial charge < -0.3 is 10.2 Å². The lowest BCUT2D eigenvalue weighted by atomic mass is 10.1. The first-order chi connectivity index (χ1) is 12.7. The highest BCUT2D eigenvalue weighted by Gasteiger charge is 2.39. The SMILES string of the molecule is CCCc1nc(C(=O)N2C3CCNCC2CC3)nn1-c1ccccc1Cl.Cl. The number of benzene rings is 1. The van der Waals surface area contributed by atoms with E-state index >= 15 is 0 Å². The van der Waals surface area contributed by atoms with Gasteiger partial charge in [-0.15, -0.1) is 17.5 Å². The maximum absolute atomic E-state index is 13.2. The predicted molar refractivity (Wildman–Crippen MR) is 108 cm³/mol. The zero-order valence-corrected chi connectivity index (χ0v) is 17.0.